The van der Waals surface area contributed by atoms with Gasteiger partial charge in [-0.15, -0.1) is 10.2 Å². The van der Waals surface area contributed by atoms with E-state index in [1.54, 1.807) is 44.3 Å². The van der Waals surface area contributed by atoms with Gasteiger partial charge >= 0.3 is 0 Å². The number of aliphatic hydroxyl groups excluding tert-OH is 1. The van der Waals surface area contributed by atoms with Gasteiger partial charge in [-0.25, -0.2) is 0 Å². The molecule has 0 unspecified atom stereocenters. The summed E-state index contributed by atoms with van der Waals surface area (Å²) in [5, 5.41) is 34.6. The van der Waals surface area contributed by atoms with E-state index in [9.17, 15) is 10.2 Å². The number of benzene rings is 2. The molecule has 3 atom stereocenters. The van der Waals surface area contributed by atoms with Crippen molar-refractivity contribution in [1.82, 2.24) is 20.2 Å². The Hall–Kier alpha value is -3.41. The van der Waals surface area contributed by atoms with Crippen LogP contribution in [0.1, 0.15) is 36.8 Å². The molecule has 4 N–H and O–H groups in total. The highest BCUT2D eigenvalue weighted by atomic mass is 16.7. The van der Waals surface area contributed by atoms with Crippen LogP contribution in [0.15, 0.2) is 36.4 Å². The smallest absolute Gasteiger partial charge is 0.199 e. The van der Waals surface area contributed by atoms with Gasteiger partial charge in [0.25, 0.3) is 0 Å². The highest BCUT2D eigenvalue weighted by molar-refractivity contribution is 5.61. The number of hydrogen-bond donors (Lipinski definition) is 3. The van der Waals surface area contributed by atoms with Crippen LogP contribution in [-0.2, 0) is 29.5 Å². The van der Waals surface area contributed by atoms with E-state index in [1.165, 1.54) is 19.0 Å². The molecule has 0 saturated heterocycles. The topological polar surface area (TPSA) is 141 Å². The average molecular weight is 485 g/mol. The largest absolute Gasteiger partial charge is 0.508 e. The summed E-state index contributed by atoms with van der Waals surface area (Å²) in [7, 11) is 4.69. The van der Waals surface area contributed by atoms with Crippen molar-refractivity contribution in [3.63, 3.8) is 0 Å². The zero-order valence-electron chi connectivity index (χ0n) is 20.5. The summed E-state index contributed by atoms with van der Waals surface area (Å²) in [6.45, 7) is 3.97. The first kappa shape index (κ1) is 24.7. The maximum atomic E-state index is 11.9. The molecule has 0 saturated carbocycles. The Bertz CT molecular complexity index is 1180. The Balaban J connectivity index is 1.94. The van der Waals surface area contributed by atoms with Crippen molar-refractivity contribution in [2.45, 2.75) is 50.8 Å². The lowest BCUT2D eigenvalue weighted by atomic mass is 9.83. The lowest BCUT2D eigenvalue weighted by Gasteiger charge is -2.50. The minimum Gasteiger partial charge on any atom is -0.508 e. The number of aliphatic hydroxyl groups is 1. The Kier molecular flexibility index (Phi) is 6.84. The van der Waals surface area contributed by atoms with Crippen molar-refractivity contribution >= 4 is 11.4 Å². The van der Waals surface area contributed by atoms with E-state index < -0.39 is 24.0 Å². The van der Waals surface area contributed by atoms with E-state index in [4.69, 9.17) is 19.9 Å². The van der Waals surface area contributed by atoms with Crippen LogP contribution in [0.25, 0.3) is 0 Å². The fraction of sp³-hybridized carbons (Fsp3) is 0.458. The van der Waals surface area contributed by atoms with Crippen LogP contribution in [0.3, 0.4) is 0 Å². The van der Waals surface area contributed by atoms with Gasteiger partial charge in [-0.1, -0.05) is 6.92 Å². The molecule has 3 aromatic rings. The SMILES string of the molecule is CCc1cc(O)ccc1N(Cc1nnn(C)n1)[C@H]1c2cc(N)ccc2O[C@](C)(C(OC)OC)[C@@H]1O. The lowest BCUT2D eigenvalue weighted by Crippen LogP contribution is -2.62. The molecule has 188 valence electrons. The van der Waals surface area contributed by atoms with Crippen molar-refractivity contribution in [1.29, 1.82) is 0 Å². The second-order valence-corrected chi connectivity index (χ2v) is 8.77. The van der Waals surface area contributed by atoms with Gasteiger partial charge in [-0.3, -0.25) is 0 Å². The fourth-order valence-electron chi connectivity index (χ4n) is 4.77. The summed E-state index contributed by atoms with van der Waals surface area (Å²) in [5.41, 5.74) is 7.80. The number of nitrogens with zero attached hydrogens (tertiary/aromatic N) is 5. The monoisotopic (exact) mass is 484 g/mol. The van der Waals surface area contributed by atoms with Crippen molar-refractivity contribution in [2.75, 3.05) is 24.9 Å². The quantitative estimate of drug-likeness (QED) is 0.321. The number of fused-ring (bicyclic) bond motifs is 1. The molecule has 2 heterocycles. The number of hydrogen-bond acceptors (Lipinski definition) is 10. The molecule has 2 aromatic carbocycles. The summed E-state index contributed by atoms with van der Waals surface area (Å²) in [6.07, 6.45) is -1.35. The number of tetrazole rings is 1. The fourth-order valence-corrected chi connectivity index (χ4v) is 4.77. The summed E-state index contributed by atoms with van der Waals surface area (Å²) in [6, 6.07) is 9.81. The van der Waals surface area contributed by atoms with Gasteiger partial charge in [0.05, 0.1) is 19.6 Å². The normalized spacial score (nSPS) is 21.6. The van der Waals surface area contributed by atoms with Gasteiger partial charge in [0.2, 0.25) is 0 Å². The van der Waals surface area contributed by atoms with Crippen molar-refractivity contribution in [3.05, 3.63) is 53.3 Å². The van der Waals surface area contributed by atoms with Gasteiger partial charge in [-0.05, 0) is 60.5 Å². The number of aromatic nitrogens is 4. The Labute approximate surface area is 204 Å². The predicted octanol–water partition coefficient (Wildman–Crippen LogP) is 1.94. The van der Waals surface area contributed by atoms with Crippen LogP contribution in [0.4, 0.5) is 11.4 Å². The first-order valence-electron chi connectivity index (χ1n) is 11.3. The summed E-state index contributed by atoms with van der Waals surface area (Å²) >= 11 is 0. The third kappa shape index (κ3) is 4.49. The van der Waals surface area contributed by atoms with Gasteiger partial charge in [-0.2, -0.15) is 4.80 Å². The number of rotatable bonds is 8. The number of aryl methyl sites for hydroxylation is 2. The third-order valence-corrected chi connectivity index (χ3v) is 6.42. The maximum absolute atomic E-state index is 11.9. The van der Waals surface area contributed by atoms with Crippen LogP contribution >= 0.6 is 0 Å². The molecular weight excluding hydrogens is 452 g/mol. The molecule has 0 aliphatic carbocycles. The zero-order valence-corrected chi connectivity index (χ0v) is 20.5. The standard InChI is InChI=1S/C24H32N6O5/c1-6-14-11-16(31)8-9-18(14)30(13-20-26-28-29(3)27-20)21-17-12-15(25)7-10-19(17)35-24(2,22(21)32)23(33-4)34-5/h7-12,21-23,31-32H,6,13,25H2,1-5H3/t21-,22+,24-/m0/s1. The number of anilines is 2. The second-order valence-electron chi connectivity index (χ2n) is 8.77. The van der Waals surface area contributed by atoms with E-state index in [1.807, 2.05) is 17.9 Å². The van der Waals surface area contributed by atoms with Crippen molar-refractivity contribution < 1.29 is 24.4 Å². The first-order valence-corrected chi connectivity index (χ1v) is 11.3. The minimum atomic E-state index is -1.27. The highest BCUT2D eigenvalue weighted by Crippen LogP contribution is 2.48. The minimum absolute atomic E-state index is 0.156. The molecular formula is C24H32N6O5. The summed E-state index contributed by atoms with van der Waals surface area (Å²) in [4.78, 5) is 3.37. The lowest BCUT2D eigenvalue weighted by molar-refractivity contribution is -0.237. The highest BCUT2D eigenvalue weighted by Gasteiger charge is 2.54. The van der Waals surface area contributed by atoms with E-state index in [0.717, 1.165) is 11.3 Å². The first-order chi connectivity index (χ1) is 16.7. The zero-order chi connectivity index (χ0) is 25.3. The van der Waals surface area contributed by atoms with E-state index in [-0.39, 0.29) is 12.3 Å². The maximum Gasteiger partial charge on any atom is 0.199 e. The number of nitrogen functional groups attached to an aromatic ring is 1. The second kappa shape index (κ2) is 9.68. The molecule has 4 rings (SSSR count). The van der Waals surface area contributed by atoms with Crippen LogP contribution in [-0.4, -0.2) is 62.6 Å². The summed E-state index contributed by atoms with van der Waals surface area (Å²) < 4.78 is 17.4. The van der Waals surface area contributed by atoms with E-state index in [0.29, 0.717) is 29.2 Å². The molecule has 0 spiro atoms. The Morgan fingerprint density at radius 2 is 1.97 bits per heavy atom. The van der Waals surface area contributed by atoms with Gasteiger partial charge in [0.15, 0.2) is 17.7 Å². The van der Waals surface area contributed by atoms with Gasteiger partial charge < -0.3 is 35.1 Å². The number of nitrogens with two attached hydrogens (primary N) is 1. The molecule has 0 fully saturated rings. The molecule has 1 aliphatic rings. The Morgan fingerprint density at radius 1 is 1.23 bits per heavy atom. The van der Waals surface area contributed by atoms with Gasteiger partial charge in [0.1, 0.15) is 17.6 Å². The number of phenolic OH excluding ortho intramolecular Hbond substituents is 1. The Morgan fingerprint density at radius 3 is 2.60 bits per heavy atom. The van der Waals surface area contributed by atoms with E-state index >= 15 is 0 Å². The van der Waals surface area contributed by atoms with Crippen LogP contribution in [0.5, 0.6) is 11.5 Å². The number of phenols is 1. The number of aromatic hydroxyl groups is 1. The summed E-state index contributed by atoms with van der Waals surface area (Å²) in [5.74, 6) is 1.16. The molecule has 0 bridgehead atoms. The average Bonchev–Trinajstić information content (AvgIpc) is 3.24. The van der Waals surface area contributed by atoms with Crippen molar-refractivity contribution in [3.8, 4) is 11.5 Å². The predicted molar refractivity (Wildman–Crippen MR) is 129 cm³/mol. The third-order valence-electron chi connectivity index (χ3n) is 6.42. The van der Waals surface area contributed by atoms with Crippen molar-refractivity contribution in [2.24, 2.45) is 7.05 Å². The number of ether oxygens (including phenoxy) is 3. The number of methoxy groups -OCH3 is 2. The molecule has 0 radical (unpaired) electrons. The van der Waals surface area contributed by atoms with Crippen LogP contribution in [0, 0.1) is 0 Å². The van der Waals surface area contributed by atoms with Crippen LogP contribution < -0.4 is 15.4 Å². The van der Waals surface area contributed by atoms with Crippen LogP contribution in [0.2, 0.25) is 0 Å². The molecule has 0 amide bonds. The molecule has 11 nitrogen and oxygen atoms in total. The molecule has 1 aliphatic heterocycles. The molecule has 35 heavy (non-hydrogen) atoms. The van der Waals surface area contributed by atoms with Gasteiger partial charge in [0, 0.05) is 31.2 Å². The molecule has 11 heteroatoms. The molecule has 1 aromatic heterocycles. The van der Waals surface area contributed by atoms with E-state index in [2.05, 4.69) is 15.4 Å².